The van der Waals surface area contributed by atoms with Crippen LogP contribution in [-0.2, 0) is 6.18 Å². The van der Waals surface area contributed by atoms with E-state index in [2.05, 4.69) is 0 Å². The zero-order chi connectivity index (χ0) is 12.5. The van der Waals surface area contributed by atoms with Gasteiger partial charge in [-0.25, -0.2) is 0 Å². The predicted molar refractivity (Wildman–Crippen MR) is 52.7 cm³/mol. The van der Waals surface area contributed by atoms with E-state index in [1.807, 2.05) is 0 Å². The van der Waals surface area contributed by atoms with Gasteiger partial charge in [-0.05, 0) is 26.0 Å². The van der Waals surface area contributed by atoms with Crippen molar-refractivity contribution in [3.63, 3.8) is 0 Å². The average Bonchev–Trinajstić information content (AvgIpc) is 2.15. The number of carbonyl (C=O) groups excluding carboxylic acids is 1. The Morgan fingerprint density at radius 1 is 1.31 bits per heavy atom. The van der Waals surface area contributed by atoms with Crippen LogP contribution in [0, 0.1) is 6.92 Å². The molecule has 5 heteroatoms. The highest BCUT2D eigenvalue weighted by Gasteiger charge is 2.32. The fourth-order valence-corrected chi connectivity index (χ4v) is 1.43. The highest BCUT2D eigenvalue weighted by atomic mass is 19.4. The maximum atomic E-state index is 12.5. The lowest BCUT2D eigenvalue weighted by Crippen LogP contribution is -2.09. The van der Waals surface area contributed by atoms with Crippen molar-refractivity contribution < 1.29 is 22.7 Å². The van der Waals surface area contributed by atoms with E-state index >= 15 is 0 Å². The molecular weight excluding hydrogens is 221 g/mol. The van der Waals surface area contributed by atoms with Crippen LogP contribution < -0.4 is 4.74 Å². The van der Waals surface area contributed by atoms with Crippen LogP contribution in [0.2, 0.25) is 0 Å². The minimum atomic E-state index is -4.48. The van der Waals surface area contributed by atoms with E-state index in [9.17, 15) is 18.0 Å². The van der Waals surface area contributed by atoms with Gasteiger partial charge in [0.25, 0.3) is 0 Å². The van der Waals surface area contributed by atoms with Crippen molar-refractivity contribution in [1.82, 2.24) is 0 Å². The third kappa shape index (κ3) is 2.35. The Labute approximate surface area is 91.0 Å². The Morgan fingerprint density at radius 3 is 2.25 bits per heavy atom. The monoisotopic (exact) mass is 232 g/mol. The quantitative estimate of drug-likeness (QED) is 0.732. The molecular formula is C11H11F3O2. The number of benzene rings is 1. The molecule has 1 rings (SSSR count). The minimum Gasteiger partial charge on any atom is -0.496 e. The Kier molecular flexibility index (Phi) is 3.26. The molecule has 0 aliphatic rings. The average molecular weight is 232 g/mol. The zero-order valence-electron chi connectivity index (χ0n) is 9.11. The number of hydrogen-bond acceptors (Lipinski definition) is 2. The van der Waals surface area contributed by atoms with Gasteiger partial charge in [0.2, 0.25) is 0 Å². The van der Waals surface area contributed by atoms with E-state index < -0.39 is 17.5 Å². The van der Waals surface area contributed by atoms with Crippen molar-refractivity contribution in [2.45, 2.75) is 20.0 Å². The maximum absolute atomic E-state index is 12.5. The summed E-state index contributed by atoms with van der Waals surface area (Å²) in [6, 6.07) is 1.74. The molecule has 0 N–H and O–H groups in total. The molecule has 0 aliphatic carbocycles. The highest BCUT2D eigenvalue weighted by Crippen LogP contribution is 2.34. The first kappa shape index (κ1) is 12.5. The molecule has 88 valence electrons. The molecule has 0 aliphatic heterocycles. The van der Waals surface area contributed by atoms with Crippen LogP contribution in [0.1, 0.15) is 28.4 Å². The molecule has 1 aromatic carbocycles. The molecule has 16 heavy (non-hydrogen) atoms. The second-order valence-corrected chi connectivity index (χ2v) is 3.41. The molecule has 0 fully saturated rings. The summed E-state index contributed by atoms with van der Waals surface area (Å²) in [6.45, 7) is 2.78. The van der Waals surface area contributed by atoms with Crippen molar-refractivity contribution in [3.05, 3.63) is 28.8 Å². The number of ketones is 1. The lowest BCUT2D eigenvalue weighted by atomic mass is 10.0. The van der Waals surface area contributed by atoms with Gasteiger partial charge in [-0.3, -0.25) is 4.79 Å². The maximum Gasteiger partial charge on any atom is 0.416 e. The van der Waals surface area contributed by atoms with Crippen LogP contribution in [0.3, 0.4) is 0 Å². The molecule has 2 nitrogen and oxygen atoms in total. The number of Topliss-reactive ketones (excluding diaryl/α,β-unsaturated/α-hetero) is 1. The van der Waals surface area contributed by atoms with Crippen LogP contribution in [0.5, 0.6) is 5.75 Å². The van der Waals surface area contributed by atoms with E-state index in [4.69, 9.17) is 4.74 Å². The van der Waals surface area contributed by atoms with Crippen molar-refractivity contribution in [2.24, 2.45) is 0 Å². The number of rotatable bonds is 2. The molecule has 0 amide bonds. The summed E-state index contributed by atoms with van der Waals surface area (Å²) in [7, 11) is 1.27. The van der Waals surface area contributed by atoms with Crippen molar-refractivity contribution >= 4 is 5.78 Å². The molecule has 0 bridgehead atoms. The second-order valence-electron chi connectivity index (χ2n) is 3.41. The molecule has 0 aromatic heterocycles. The van der Waals surface area contributed by atoms with E-state index in [0.29, 0.717) is 5.56 Å². The van der Waals surface area contributed by atoms with Gasteiger partial charge in [0.15, 0.2) is 5.78 Å². The molecule has 0 saturated carbocycles. The largest absolute Gasteiger partial charge is 0.496 e. The summed E-state index contributed by atoms with van der Waals surface area (Å²) in [5.41, 5.74) is -0.421. The Balaban J connectivity index is 3.46. The van der Waals surface area contributed by atoms with E-state index in [0.717, 1.165) is 12.1 Å². The van der Waals surface area contributed by atoms with Crippen LogP contribution in [0.4, 0.5) is 13.2 Å². The SMILES string of the molecule is COc1cc(C(F)(F)F)cc(C(C)=O)c1C. The summed E-state index contributed by atoms with van der Waals surface area (Å²) < 4.78 is 42.4. The smallest absolute Gasteiger partial charge is 0.416 e. The zero-order valence-corrected chi connectivity index (χ0v) is 9.11. The third-order valence-electron chi connectivity index (χ3n) is 2.29. The molecule has 0 heterocycles. The Morgan fingerprint density at radius 2 is 1.88 bits per heavy atom. The van der Waals surface area contributed by atoms with Crippen LogP contribution >= 0.6 is 0 Å². The molecule has 0 saturated heterocycles. The molecule has 0 atom stereocenters. The first-order chi connectivity index (χ1) is 7.27. The summed E-state index contributed by atoms with van der Waals surface area (Å²) in [4.78, 5) is 11.2. The van der Waals surface area contributed by atoms with Gasteiger partial charge in [0, 0.05) is 11.1 Å². The summed E-state index contributed by atoms with van der Waals surface area (Å²) >= 11 is 0. The summed E-state index contributed by atoms with van der Waals surface area (Å²) in [5.74, 6) is -0.345. The lowest BCUT2D eigenvalue weighted by molar-refractivity contribution is -0.137. The highest BCUT2D eigenvalue weighted by molar-refractivity contribution is 5.96. The van der Waals surface area contributed by atoms with Crippen molar-refractivity contribution in [1.29, 1.82) is 0 Å². The number of carbonyl (C=O) groups is 1. The summed E-state index contributed by atoms with van der Waals surface area (Å²) in [6.07, 6.45) is -4.48. The molecule has 0 radical (unpaired) electrons. The van der Waals surface area contributed by atoms with E-state index in [1.54, 1.807) is 6.92 Å². The normalized spacial score (nSPS) is 11.4. The van der Waals surface area contributed by atoms with Gasteiger partial charge in [0.1, 0.15) is 5.75 Å². The van der Waals surface area contributed by atoms with Gasteiger partial charge in [-0.15, -0.1) is 0 Å². The van der Waals surface area contributed by atoms with E-state index in [-0.39, 0.29) is 11.3 Å². The fourth-order valence-electron chi connectivity index (χ4n) is 1.43. The standard InChI is InChI=1S/C11H11F3O2/c1-6-9(7(2)15)4-8(11(12,13)14)5-10(6)16-3/h4-5H,1-3H3. The molecule has 0 unspecified atom stereocenters. The first-order valence-corrected chi connectivity index (χ1v) is 4.54. The number of halogens is 3. The van der Waals surface area contributed by atoms with Crippen molar-refractivity contribution in [2.75, 3.05) is 7.11 Å². The van der Waals surface area contributed by atoms with E-state index in [1.165, 1.54) is 14.0 Å². The number of alkyl halides is 3. The summed E-state index contributed by atoms with van der Waals surface area (Å²) in [5, 5.41) is 0. The number of hydrogen-bond donors (Lipinski definition) is 0. The van der Waals surface area contributed by atoms with Gasteiger partial charge in [0.05, 0.1) is 12.7 Å². The first-order valence-electron chi connectivity index (χ1n) is 4.54. The minimum absolute atomic E-state index is 0.0340. The molecule has 0 spiro atoms. The third-order valence-corrected chi connectivity index (χ3v) is 2.29. The van der Waals surface area contributed by atoms with Crippen molar-refractivity contribution in [3.8, 4) is 5.75 Å². The fraction of sp³-hybridized carbons (Fsp3) is 0.364. The number of methoxy groups -OCH3 is 1. The second kappa shape index (κ2) is 4.15. The predicted octanol–water partition coefficient (Wildman–Crippen LogP) is 3.23. The van der Waals surface area contributed by atoms with Gasteiger partial charge >= 0.3 is 6.18 Å². The van der Waals surface area contributed by atoms with Gasteiger partial charge in [-0.1, -0.05) is 0 Å². The topological polar surface area (TPSA) is 26.3 Å². The van der Waals surface area contributed by atoms with Crippen LogP contribution in [-0.4, -0.2) is 12.9 Å². The number of ether oxygens (including phenoxy) is 1. The lowest BCUT2D eigenvalue weighted by Gasteiger charge is -2.13. The van der Waals surface area contributed by atoms with Crippen LogP contribution in [0.25, 0.3) is 0 Å². The molecule has 1 aromatic rings. The van der Waals surface area contributed by atoms with Gasteiger partial charge < -0.3 is 4.74 Å². The Hall–Kier alpha value is -1.52. The Bertz CT molecular complexity index is 422. The van der Waals surface area contributed by atoms with Gasteiger partial charge in [-0.2, -0.15) is 13.2 Å². The van der Waals surface area contributed by atoms with Crippen LogP contribution in [0.15, 0.2) is 12.1 Å².